The van der Waals surface area contributed by atoms with Gasteiger partial charge in [-0.05, 0) is 52.1 Å². The van der Waals surface area contributed by atoms with Crippen molar-refractivity contribution in [1.82, 2.24) is 25.5 Å². The zero-order valence-corrected chi connectivity index (χ0v) is 20.0. The zero-order chi connectivity index (χ0) is 24.5. The number of sulfone groups is 1. The molecule has 4 rings (SSSR count). The van der Waals surface area contributed by atoms with E-state index in [1.807, 2.05) is 0 Å². The molecule has 0 bridgehead atoms. The average molecular weight is 486 g/mol. The number of nitrogens with one attached hydrogen (secondary N) is 1. The predicted molar refractivity (Wildman–Crippen MR) is 130 cm³/mol. The van der Waals surface area contributed by atoms with Crippen LogP contribution in [0.15, 0.2) is 58.0 Å². The van der Waals surface area contributed by atoms with Crippen molar-refractivity contribution in [1.29, 1.82) is 0 Å². The highest BCUT2D eigenvalue weighted by atomic mass is 32.2. The summed E-state index contributed by atoms with van der Waals surface area (Å²) < 4.78 is 44.8. The van der Waals surface area contributed by atoms with Crippen LogP contribution in [0.25, 0.3) is 34.3 Å². The van der Waals surface area contributed by atoms with Crippen molar-refractivity contribution in [2.45, 2.75) is 37.5 Å². The Balaban J connectivity index is 0.00000228. The number of nitrogens with zero attached hydrogens (tertiary/aromatic N) is 4. The molecular weight excluding hydrogens is 457 g/mol. The van der Waals surface area contributed by atoms with Gasteiger partial charge in [0.25, 0.3) is 5.89 Å². The van der Waals surface area contributed by atoms with Crippen molar-refractivity contribution in [3.8, 4) is 34.3 Å². The van der Waals surface area contributed by atoms with Gasteiger partial charge in [-0.15, -0.1) is 10.2 Å². The van der Waals surface area contributed by atoms with E-state index in [4.69, 9.17) is 4.42 Å². The molecule has 10 heteroatoms. The van der Waals surface area contributed by atoms with Gasteiger partial charge in [0.1, 0.15) is 11.5 Å². The minimum absolute atomic E-state index is 0. The summed E-state index contributed by atoms with van der Waals surface area (Å²) in [5, 5.41) is 10.5. The molecule has 0 radical (unpaired) electrons. The summed E-state index contributed by atoms with van der Waals surface area (Å²) in [6.45, 7) is 5.46. The molecule has 34 heavy (non-hydrogen) atoms. The highest BCUT2D eigenvalue weighted by Crippen LogP contribution is 2.28. The summed E-state index contributed by atoms with van der Waals surface area (Å²) in [6, 6.07) is 11.2. The molecule has 4 aromatic rings. The Morgan fingerprint density at radius 1 is 1.06 bits per heavy atom. The molecule has 8 nitrogen and oxygen atoms in total. The maximum atomic E-state index is 14.3. The first-order valence-electron chi connectivity index (χ1n) is 10.7. The van der Waals surface area contributed by atoms with E-state index in [2.05, 4.69) is 25.5 Å². The lowest BCUT2D eigenvalue weighted by Gasteiger charge is -2.09. The number of aromatic nitrogens is 4. The van der Waals surface area contributed by atoms with Crippen molar-refractivity contribution >= 4 is 9.84 Å². The Morgan fingerprint density at radius 3 is 2.38 bits per heavy atom. The molecule has 0 saturated heterocycles. The Kier molecular flexibility index (Phi) is 6.54. The molecule has 2 heterocycles. The smallest absolute Gasteiger partial charge is 0.268 e. The summed E-state index contributed by atoms with van der Waals surface area (Å²) in [5.74, 6) is -0.0483. The van der Waals surface area contributed by atoms with Crippen molar-refractivity contribution in [2.75, 3.05) is 7.05 Å². The van der Waals surface area contributed by atoms with Crippen molar-refractivity contribution in [3.05, 3.63) is 65.7 Å². The van der Waals surface area contributed by atoms with Gasteiger partial charge in [-0.1, -0.05) is 18.2 Å². The summed E-state index contributed by atoms with van der Waals surface area (Å²) in [4.78, 5) is 9.25. The largest absolute Gasteiger partial charge is 0.415 e. The molecule has 0 aliphatic carbocycles. The molecule has 0 fully saturated rings. The lowest BCUT2D eigenvalue weighted by Crippen LogP contribution is -2.13. The van der Waals surface area contributed by atoms with Crippen LogP contribution in [0.2, 0.25) is 0 Å². The predicted octanol–water partition coefficient (Wildman–Crippen LogP) is 4.70. The first-order chi connectivity index (χ1) is 16.2. The summed E-state index contributed by atoms with van der Waals surface area (Å²) in [6.07, 6.45) is 1.60. The Labute approximate surface area is 200 Å². The topological polar surface area (TPSA) is 111 Å². The molecule has 0 unspecified atom stereocenters. The SMILES string of the molecule is CNCc1ccc(-c2nnc(-c3nc(-c4ccc(S(=O)(=O)C(C)C)cc4)cnc3C)o2)cc1F.[HH].[HH]. The van der Waals surface area contributed by atoms with Crippen molar-refractivity contribution in [2.24, 2.45) is 0 Å². The maximum absolute atomic E-state index is 14.3. The lowest BCUT2D eigenvalue weighted by molar-refractivity contribution is 0.576. The second kappa shape index (κ2) is 9.40. The van der Waals surface area contributed by atoms with E-state index in [-0.39, 0.29) is 25.3 Å². The summed E-state index contributed by atoms with van der Waals surface area (Å²) in [7, 11) is -1.62. The fourth-order valence-corrected chi connectivity index (χ4v) is 4.39. The first-order valence-corrected chi connectivity index (χ1v) is 12.2. The second-order valence-electron chi connectivity index (χ2n) is 8.06. The molecule has 0 amide bonds. The van der Waals surface area contributed by atoms with Crippen LogP contribution in [-0.2, 0) is 16.4 Å². The molecule has 0 saturated carbocycles. The van der Waals surface area contributed by atoms with Crippen LogP contribution in [0.4, 0.5) is 4.39 Å². The van der Waals surface area contributed by atoms with Gasteiger partial charge in [0.15, 0.2) is 9.84 Å². The summed E-state index contributed by atoms with van der Waals surface area (Å²) in [5.41, 5.74) is 3.18. The highest BCUT2D eigenvalue weighted by molar-refractivity contribution is 7.92. The first kappa shape index (κ1) is 23.7. The molecule has 0 aliphatic heterocycles. The van der Waals surface area contributed by atoms with Gasteiger partial charge in [0.2, 0.25) is 5.89 Å². The third-order valence-corrected chi connectivity index (χ3v) is 7.52. The lowest BCUT2D eigenvalue weighted by atomic mass is 10.1. The highest BCUT2D eigenvalue weighted by Gasteiger charge is 2.20. The van der Waals surface area contributed by atoms with Crippen LogP contribution in [0.3, 0.4) is 0 Å². The van der Waals surface area contributed by atoms with Gasteiger partial charge >= 0.3 is 0 Å². The monoisotopic (exact) mass is 485 g/mol. The molecule has 180 valence electrons. The fourth-order valence-electron chi connectivity index (χ4n) is 3.33. The minimum Gasteiger partial charge on any atom is -0.415 e. The van der Waals surface area contributed by atoms with E-state index in [0.29, 0.717) is 40.3 Å². The Morgan fingerprint density at radius 2 is 1.74 bits per heavy atom. The standard InChI is InChI=1S/C24H24FN5O3S.2H2/c1-14(2)34(31,32)19-9-7-16(8-10-19)21-13-27-15(3)22(28-21)24-30-29-23(33-24)17-5-6-18(12-26-4)20(25)11-17;;/h5-11,13-14,26H,12H2,1-4H3;2*1H. The molecule has 0 spiro atoms. The van der Waals surface area contributed by atoms with Gasteiger partial charge in [0, 0.05) is 26.1 Å². The number of rotatable bonds is 7. The van der Waals surface area contributed by atoms with Gasteiger partial charge < -0.3 is 9.73 Å². The maximum Gasteiger partial charge on any atom is 0.268 e. The van der Waals surface area contributed by atoms with E-state index in [9.17, 15) is 12.8 Å². The third kappa shape index (κ3) is 4.59. The van der Waals surface area contributed by atoms with Gasteiger partial charge in [-0.25, -0.2) is 17.8 Å². The number of benzene rings is 2. The van der Waals surface area contributed by atoms with Crippen LogP contribution in [-0.4, -0.2) is 40.9 Å². The normalized spacial score (nSPS) is 11.8. The van der Waals surface area contributed by atoms with Crippen LogP contribution < -0.4 is 5.32 Å². The molecule has 1 N–H and O–H groups in total. The van der Waals surface area contributed by atoms with Crippen LogP contribution in [0.5, 0.6) is 0 Å². The average Bonchev–Trinajstić information content (AvgIpc) is 3.31. The molecule has 0 aliphatic rings. The van der Waals surface area contributed by atoms with Gasteiger partial charge in [0.05, 0.1) is 27.7 Å². The van der Waals surface area contributed by atoms with Gasteiger partial charge in [-0.2, -0.15) is 0 Å². The van der Waals surface area contributed by atoms with E-state index in [1.165, 1.54) is 6.07 Å². The van der Waals surface area contributed by atoms with Crippen molar-refractivity contribution < 1.29 is 20.1 Å². The zero-order valence-electron chi connectivity index (χ0n) is 19.2. The molecular formula is C24H28FN5O3S. The number of aryl methyl sites for hydroxylation is 1. The van der Waals surface area contributed by atoms with Crippen LogP contribution >= 0.6 is 0 Å². The third-order valence-electron chi connectivity index (χ3n) is 5.35. The second-order valence-corrected chi connectivity index (χ2v) is 10.6. The Bertz CT molecular complexity index is 1440. The number of hydrogen-bond donors (Lipinski definition) is 1. The molecule has 0 atom stereocenters. The van der Waals surface area contributed by atoms with E-state index >= 15 is 0 Å². The van der Waals surface area contributed by atoms with E-state index in [0.717, 1.165) is 0 Å². The van der Waals surface area contributed by atoms with Crippen LogP contribution in [0.1, 0.15) is 28.0 Å². The Hall–Kier alpha value is -3.50. The van der Waals surface area contributed by atoms with E-state index < -0.39 is 15.1 Å². The minimum atomic E-state index is -3.37. The number of hydrogen-bond acceptors (Lipinski definition) is 8. The summed E-state index contributed by atoms with van der Waals surface area (Å²) >= 11 is 0. The van der Waals surface area contributed by atoms with Crippen LogP contribution in [0, 0.1) is 12.7 Å². The fraction of sp³-hybridized carbons (Fsp3) is 0.250. The van der Waals surface area contributed by atoms with Gasteiger partial charge in [-0.3, -0.25) is 4.98 Å². The van der Waals surface area contributed by atoms with E-state index in [1.54, 1.807) is 70.4 Å². The van der Waals surface area contributed by atoms with Crippen molar-refractivity contribution in [3.63, 3.8) is 0 Å². The number of halogens is 1. The quantitative estimate of drug-likeness (QED) is 0.401. The molecule has 2 aromatic carbocycles. The molecule has 2 aromatic heterocycles.